The number of carbonyl (C=O) groups excluding carboxylic acids is 1. The van der Waals surface area contributed by atoms with E-state index in [4.69, 9.17) is 0 Å². The lowest BCUT2D eigenvalue weighted by atomic mass is 10.1. The molecule has 1 N–H and O–H groups in total. The molecule has 2 rings (SSSR count). The van der Waals surface area contributed by atoms with Gasteiger partial charge in [-0.15, -0.1) is 0 Å². The van der Waals surface area contributed by atoms with Crippen molar-refractivity contribution in [2.45, 2.75) is 49.7 Å². The average Bonchev–Trinajstić information content (AvgIpc) is 3.26. The molecule has 0 bridgehead atoms. The Labute approximate surface area is 128 Å². The topological polar surface area (TPSA) is 63.2 Å². The summed E-state index contributed by atoms with van der Waals surface area (Å²) < 4.78 is 50.0. The van der Waals surface area contributed by atoms with Crippen molar-refractivity contribution in [1.82, 2.24) is 5.32 Å². The smallest absolute Gasteiger partial charge is 0.241 e. The Morgan fingerprint density at radius 3 is 2.45 bits per heavy atom. The number of halogens is 2. The predicted octanol–water partition coefficient (Wildman–Crippen LogP) is 2.50. The third-order valence-electron chi connectivity index (χ3n) is 4.02. The molecule has 0 spiro atoms. The number of carbonyl (C=O) groups is 1. The molecule has 0 radical (unpaired) electrons. The first-order valence-corrected chi connectivity index (χ1v) is 8.62. The molecule has 7 heteroatoms. The zero-order valence-electron chi connectivity index (χ0n) is 12.7. The molecule has 1 unspecified atom stereocenters. The summed E-state index contributed by atoms with van der Waals surface area (Å²) in [6, 6.07) is 2.83. The van der Waals surface area contributed by atoms with Crippen LogP contribution in [0.3, 0.4) is 0 Å². The number of hydrogen-bond donors (Lipinski definition) is 1. The van der Waals surface area contributed by atoms with Crippen LogP contribution in [-0.4, -0.2) is 24.3 Å². The molecule has 1 aliphatic rings. The van der Waals surface area contributed by atoms with Gasteiger partial charge in [-0.2, -0.15) is 0 Å². The number of nitrogens with one attached hydrogen (secondary N) is 1. The summed E-state index contributed by atoms with van der Waals surface area (Å²) in [5.41, 5.74) is -0.0204. The molecule has 0 heterocycles. The van der Waals surface area contributed by atoms with Crippen molar-refractivity contribution in [3.8, 4) is 0 Å². The average molecular weight is 331 g/mol. The maximum atomic E-state index is 13.7. The molecule has 1 aromatic rings. The van der Waals surface area contributed by atoms with E-state index in [1.807, 2.05) is 0 Å². The van der Waals surface area contributed by atoms with Crippen LogP contribution in [0.15, 0.2) is 18.2 Å². The third kappa shape index (κ3) is 2.86. The first kappa shape index (κ1) is 16.9. The fraction of sp³-hybridized carbons (Fsp3) is 0.533. The maximum Gasteiger partial charge on any atom is 0.241 e. The zero-order chi connectivity index (χ0) is 16.7. The molecule has 4 nitrogen and oxygen atoms in total. The van der Waals surface area contributed by atoms with Crippen molar-refractivity contribution in [3.05, 3.63) is 35.4 Å². The van der Waals surface area contributed by atoms with Crippen molar-refractivity contribution < 1.29 is 22.0 Å². The van der Waals surface area contributed by atoms with Gasteiger partial charge in [0.1, 0.15) is 4.75 Å². The molecule has 1 atom stereocenters. The van der Waals surface area contributed by atoms with Crippen molar-refractivity contribution in [2.24, 2.45) is 0 Å². The third-order valence-corrected chi connectivity index (χ3v) is 6.97. The maximum absolute atomic E-state index is 13.7. The summed E-state index contributed by atoms with van der Waals surface area (Å²) in [6.07, 6.45) is 1.13. The molecule has 1 amide bonds. The molecule has 22 heavy (non-hydrogen) atoms. The highest BCUT2D eigenvalue weighted by Crippen LogP contribution is 2.36. The van der Waals surface area contributed by atoms with Crippen LogP contribution < -0.4 is 5.32 Å². The van der Waals surface area contributed by atoms with E-state index in [0.29, 0.717) is 12.8 Å². The highest BCUT2D eigenvalue weighted by atomic mass is 32.2. The lowest BCUT2D eigenvalue weighted by Crippen LogP contribution is -2.50. The van der Waals surface area contributed by atoms with Gasteiger partial charge < -0.3 is 5.32 Å². The first-order chi connectivity index (χ1) is 10.1. The normalized spacial score (nSPS) is 17.1. The number of rotatable bonds is 5. The van der Waals surface area contributed by atoms with E-state index >= 15 is 0 Å². The van der Waals surface area contributed by atoms with Crippen LogP contribution in [-0.2, 0) is 14.6 Å². The molecule has 1 saturated carbocycles. The number of hydrogen-bond acceptors (Lipinski definition) is 3. The van der Waals surface area contributed by atoms with E-state index in [1.165, 1.54) is 32.9 Å². The second-order valence-electron chi connectivity index (χ2n) is 6.09. The minimum atomic E-state index is -3.59. The van der Waals surface area contributed by atoms with Crippen LogP contribution in [0.4, 0.5) is 8.78 Å². The van der Waals surface area contributed by atoms with Gasteiger partial charge >= 0.3 is 0 Å². The van der Waals surface area contributed by atoms with Gasteiger partial charge in [0, 0.05) is 5.56 Å². The van der Waals surface area contributed by atoms with Gasteiger partial charge in [-0.05, 0) is 39.7 Å². The van der Waals surface area contributed by atoms with Crippen molar-refractivity contribution in [3.63, 3.8) is 0 Å². The van der Waals surface area contributed by atoms with Gasteiger partial charge in [0.15, 0.2) is 21.5 Å². The molecule has 0 aromatic heterocycles. The molecule has 1 fully saturated rings. The highest BCUT2D eigenvalue weighted by molar-refractivity contribution is 7.94. The monoisotopic (exact) mass is 331 g/mol. The van der Waals surface area contributed by atoms with Crippen molar-refractivity contribution in [2.75, 3.05) is 0 Å². The zero-order valence-corrected chi connectivity index (χ0v) is 13.5. The number of benzene rings is 1. The lowest BCUT2D eigenvalue weighted by Gasteiger charge is -2.26. The van der Waals surface area contributed by atoms with E-state index in [0.717, 1.165) is 6.07 Å². The Hall–Kier alpha value is -1.50. The second-order valence-corrected chi connectivity index (χ2v) is 8.87. The summed E-state index contributed by atoms with van der Waals surface area (Å²) in [6.45, 7) is 4.16. The molecule has 122 valence electrons. The molecule has 1 aromatic carbocycles. The van der Waals surface area contributed by atoms with Crippen LogP contribution in [0.2, 0.25) is 0 Å². The molecule has 0 aliphatic heterocycles. The molecule has 1 aliphatic carbocycles. The largest absolute Gasteiger partial charge is 0.348 e. The van der Waals surface area contributed by atoms with Crippen LogP contribution >= 0.6 is 0 Å². The molecular formula is C15H19F2NO3S. The Bertz CT molecular complexity index is 697. The summed E-state index contributed by atoms with van der Waals surface area (Å²) in [4.78, 5) is 12.3. The SMILES string of the molecule is CC(NC(=O)C(C)(C)S(=O)(=O)C1CC1)c1cccc(F)c1F. The van der Waals surface area contributed by atoms with Gasteiger partial charge in [-0.3, -0.25) is 4.79 Å². The summed E-state index contributed by atoms with van der Waals surface area (Å²) in [7, 11) is -3.59. The van der Waals surface area contributed by atoms with Crippen LogP contribution in [0, 0.1) is 11.6 Å². The second kappa shape index (κ2) is 5.61. The number of sulfone groups is 1. The van der Waals surface area contributed by atoms with E-state index in [1.54, 1.807) is 0 Å². The summed E-state index contributed by atoms with van der Waals surface area (Å²) in [5.74, 6) is -2.77. The Balaban J connectivity index is 2.19. The fourth-order valence-electron chi connectivity index (χ4n) is 2.23. The van der Waals surface area contributed by atoms with Crippen LogP contribution in [0.25, 0.3) is 0 Å². The van der Waals surface area contributed by atoms with Crippen molar-refractivity contribution in [1.29, 1.82) is 0 Å². The highest BCUT2D eigenvalue weighted by Gasteiger charge is 2.50. The van der Waals surface area contributed by atoms with Gasteiger partial charge in [0.2, 0.25) is 5.91 Å². The Morgan fingerprint density at radius 1 is 1.32 bits per heavy atom. The van der Waals surface area contributed by atoms with E-state index in [2.05, 4.69) is 5.32 Å². The van der Waals surface area contributed by atoms with Crippen LogP contribution in [0.5, 0.6) is 0 Å². The number of amides is 1. The van der Waals surface area contributed by atoms with Crippen LogP contribution in [0.1, 0.15) is 45.2 Å². The first-order valence-electron chi connectivity index (χ1n) is 7.07. The fourth-order valence-corrected chi connectivity index (χ4v) is 4.13. The lowest BCUT2D eigenvalue weighted by molar-refractivity contribution is -0.123. The quantitative estimate of drug-likeness (QED) is 0.902. The van der Waals surface area contributed by atoms with Gasteiger partial charge in [-0.25, -0.2) is 17.2 Å². The van der Waals surface area contributed by atoms with Gasteiger partial charge in [0.25, 0.3) is 0 Å². The predicted molar refractivity (Wildman–Crippen MR) is 78.9 cm³/mol. The van der Waals surface area contributed by atoms with E-state index in [9.17, 15) is 22.0 Å². The Kier molecular flexibility index (Phi) is 4.30. The van der Waals surface area contributed by atoms with Gasteiger partial charge in [-0.1, -0.05) is 12.1 Å². The van der Waals surface area contributed by atoms with Crippen molar-refractivity contribution >= 4 is 15.7 Å². The molecule has 0 saturated heterocycles. The minimum Gasteiger partial charge on any atom is -0.348 e. The Morgan fingerprint density at radius 2 is 1.91 bits per heavy atom. The van der Waals surface area contributed by atoms with Gasteiger partial charge in [0.05, 0.1) is 11.3 Å². The molecular weight excluding hydrogens is 312 g/mol. The standard InChI is InChI=1S/C15H19F2NO3S/c1-9(11-5-4-6-12(16)13(11)17)18-14(19)15(2,3)22(20,21)10-7-8-10/h4-6,9-10H,7-8H2,1-3H3,(H,18,19). The summed E-state index contributed by atoms with van der Waals surface area (Å²) >= 11 is 0. The van der Waals surface area contributed by atoms with E-state index < -0.39 is 43.4 Å². The van der Waals surface area contributed by atoms with E-state index in [-0.39, 0.29) is 5.56 Å². The summed E-state index contributed by atoms with van der Waals surface area (Å²) in [5, 5.41) is 1.99. The minimum absolute atomic E-state index is 0.0204.